The summed E-state index contributed by atoms with van der Waals surface area (Å²) >= 11 is 6.11. The molecule has 0 heterocycles. The van der Waals surface area contributed by atoms with Gasteiger partial charge in [-0.2, -0.15) is 0 Å². The molecule has 0 spiro atoms. The second-order valence-electron chi connectivity index (χ2n) is 3.11. The fourth-order valence-electron chi connectivity index (χ4n) is 1.26. The lowest BCUT2D eigenvalue weighted by atomic mass is 10.0. The summed E-state index contributed by atoms with van der Waals surface area (Å²) in [6.45, 7) is 5.63. The maximum atomic E-state index is 6.11. The minimum absolute atomic E-state index is 0.0371. The molecule has 0 amide bonds. The van der Waals surface area contributed by atoms with Crippen LogP contribution in [0.15, 0.2) is 30.9 Å². The van der Waals surface area contributed by atoms with Crippen molar-refractivity contribution in [3.05, 3.63) is 47.0 Å². The van der Waals surface area contributed by atoms with Crippen molar-refractivity contribution in [3.8, 4) is 0 Å². The van der Waals surface area contributed by atoms with E-state index in [1.165, 1.54) is 0 Å². The van der Waals surface area contributed by atoms with Crippen molar-refractivity contribution in [1.82, 2.24) is 0 Å². The Hall–Kier alpha value is -0.790. The van der Waals surface area contributed by atoms with E-state index in [-0.39, 0.29) is 6.04 Å². The number of hydrogen-bond acceptors (Lipinski definition) is 1. The average molecular weight is 196 g/mol. The molecule has 1 rings (SSSR count). The lowest BCUT2D eigenvalue weighted by molar-refractivity contribution is 0.741. The average Bonchev–Trinajstić information content (AvgIpc) is 2.10. The number of benzene rings is 1. The Labute approximate surface area is 84.2 Å². The van der Waals surface area contributed by atoms with Crippen LogP contribution < -0.4 is 5.73 Å². The third-order valence-electron chi connectivity index (χ3n) is 2.04. The van der Waals surface area contributed by atoms with Gasteiger partial charge in [0.15, 0.2) is 0 Å². The van der Waals surface area contributed by atoms with Gasteiger partial charge in [-0.25, -0.2) is 0 Å². The summed E-state index contributed by atoms with van der Waals surface area (Å²) in [5, 5.41) is 0.775. The van der Waals surface area contributed by atoms with E-state index < -0.39 is 0 Å². The maximum absolute atomic E-state index is 6.11. The first-order valence-electron chi connectivity index (χ1n) is 4.28. The molecule has 0 saturated carbocycles. The molecule has 13 heavy (non-hydrogen) atoms. The van der Waals surface area contributed by atoms with Crippen LogP contribution in [0.5, 0.6) is 0 Å². The van der Waals surface area contributed by atoms with Gasteiger partial charge >= 0.3 is 0 Å². The Bertz CT molecular complexity index is 307. The number of hydrogen-bond donors (Lipinski definition) is 1. The third-order valence-corrected chi connectivity index (χ3v) is 2.56. The molecular weight excluding hydrogens is 182 g/mol. The van der Waals surface area contributed by atoms with Crippen LogP contribution in [-0.2, 0) is 0 Å². The Kier molecular flexibility index (Phi) is 3.52. The predicted octanol–water partition coefficient (Wildman–Crippen LogP) is 3.22. The summed E-state index contributed by atoms with van der Waals surface area (Å²) < 4.78 is 0. The van der Waals surface area contributed by atoms with E-state index >= 15 is 0 Å². The summed E-state index contributed by atoms with van der Waals surface area (Å²) in [5.41, 5.74) is 7.99. The molecule has 0 bridgehead atoms. The van der Waals surface area contributed by atoms with E-state index in [1.54, 1.807) is 0 Å². The molecule has 0 fully saturated rings. The summed E-state index contributed by atoms with van der Waals surface area (Å²) in [7, 11) is 0. The molecule has 0 aromatic heterocycles. The smallest absolute Gasteiger partial charge is 0.0483 e. The summed E-state index contributed by atoms with van der Waals surface area (Å²) in [6, 6.07) is 5.88. The van der Waals surface area contributed by atoms with E-state index in [2.05, 4.69) is 6.58 Å². The van der Waals surface area contributed by atoms with Gasteiger partial charge in [0.05, 0.1) is 0 Å². The Morgan fingerprint density at radius 3 is 2.92 bits per heavy atom. The fraction of sp³-hybridized carbons (Fsp3) is 0.273. The molecule has 0 saturated heterocycles. The van der Waals surface area contributed by atoms with Gasteiger partial charge in [-0.1, -0.05) is 35.9 Å². The largest absolute Gasteiger partial charge is 0.324 e. The number of aryl methyl sites for hydroxylation is 1. The number of nitrogens with two attached hydrogens (primary N) is 1. The number of rotatable bonds is 3. The predicted molar refractivity (Wildman–Crippen MR) is 57.9 cm³/mol. The van der Waals surface area contributed by atoms with Crippen LogP contribution >= 0.6 is 11.6 Å². The van der Waals surface area contributed by atoms with Gasteiger partial charge in [-0.05, 0) is 24.5 Å². The molecule has 2 N–H and O–H groups in total. The lowest BCUT2D eigenvalue weighted by Gasteiger charge is -2.12. The molecule has 0 aliphatic heterocycles. The van der Waals surface area contributed by atoms with Crippen molar-refractivity contribution in [2.24, 2.45) is 5.73 Å². The second kappa shape index (κ2) is 4.45. The first kappa shape index (κ1) is 10.3. The van der Waals surface area contributed by atoms with E-state index in [0.29, 0.717) is 0 Å². The van der Waals surface area contributed by atoms with Crippen LogP contribution in [-0.4, -0.2) is 0 Å². The Morgan fingerprint density at radius 2 is 2.31 bits per heavy atom. The number of halogens is 1. The van der Waals surface area contributed by atoms with Gasteiger partial charge < -0.3 is 5.73 Å². The highest BCUT2D eigenvalue weighted by molar-refractivity contribution is 6.32. The van der Waals surface area contributed by atoms with E-state index in [0.717, 1.165) is 22.6 Å². The van der Waals surface area contributed by atoms with Gasteiger partial charge in [0, 0.05) is 11.1 Å². The zero-order valence-electron chi connectivity index (χ0n) is 7.76. The van der Waals surface area contributed by atoms with Gasteiger partial charge in [0.25, 0.3) is 0 Å². The Morgan fingerprint density at radius 1 is 1.62 bits per heavy atom. The van der Waals surface area contributed by atoms with Crippen LogP contribution in [0.3, 0.4) is 0 Å². The van der Waals surface area contributed by atoms with Gasteiger partial charge in [-0.3, -0.25) is 0 Å². The van der Waals surface area contributed by atoms with Gasteiger partial charge in [0.1, 0.15) is 0 Å². The minimum Gasteiger partial charge on any atom is -0.324 e. The molecule has 70 valence electrons. The summed E-state index contributed by atoms with van der Waals surface area (Å²) in [4.78, 5) is 0. The van der Waals surface area contributed by atoms with E-state index in [1.807, 2.05) is 31.2 Å². The zero-order chi connectivity index (χ0) is 9.84. The van der Waals surface area contributed by atoms with Crippen LogP contribution in [0.1, 0.15) is 23.6 Å². The molecule has 1 unspecified atom stereocenters. The molecule has 1 aromatic rings. The molecule has 1 nitrogen and oxygen atoms in total. The highest BCUT2D eigenvalue weighted by Gasteiger charge is 2.09. The zero-order valence-corrected chi connectivity index (χ0v) is 8.51. The Balaban J connectivity index is 3.00. The van der Waals surface area contributed by atoms with Crippen molar-refractivity contribution < 1.29 is 0 Å². The highest BCUT2D eigenvalue weighted by Crippen LogP contribution is 2.26. The van der Waals surface area contributed by atoms with Crippen molar-refractivity contribution in [1.29, 1.82) is 0 Å². The molecular formula is C11H14ClN. The van der Waals surface area contributed by atoms with Crippen molar-refractivity contribution in [2.45, 2.75) is 19.4 Å². The molecule has 2 heteroatoms. The van der Waals surface area contributed by atoms with Crippen molar-refractivity contribution in [3.63, 3.8) is 0 Å². The molecule has 1 atom stereocenters. The first-order valence-corrected chi connectivity index (χ1v) is 4.66. The van der Waals surface area contributed by atoms with Crippen LogP contribution in [0.25, 0.3) is 0 Å². The summed E-state index contributed by atoms with van der Waals surface area (Å²) in [5.74, 6) is 0. The third kappa shape index (κ3) is 2.33. The van der Waals surface area contributed by atoms with Crippen LogP contribution in [0.2, 0.25) is 5.02 Å². The van der Waals surface area contributed by atoms with E-state index in [4.69, 9.17) is 17.3 Å². The molecule has 0 aliphatic carbocycles. The van der Waals surface area contributed by atoms with Gasteiger partial charge in [0.2, 0.25) is 0 Å². The molecule has 1 aromatic carbocycles. The maximum Gasteiger partial charge on any atom is 0.0483 e. The van der Waals surface area contributed by atoms with Crippen LogP contribution in [0.4, 0.5) is 0 Å². The van der Waals surface area contributed by atoms with Crippen LogP contribution in [0, 0.1) is 6.92 Å². The van der Waals surface area contributed by atoms with Crippen molar-refractivity contribution >= 4 is 11.6 Å². The van der Waals surface area contributed by atoms with E-state index in [9.17, 15) is 0 Å². The van der Waals surface area contributed by atoms with Gasteiger partial charge in [-0.15, -0.1) is 6.58 Å². The summed E-state index contributed by atoms with van der Waals surface area (Å²) in [6.07, 6.45) is 2.56. The standard InChI is InChI=1S/C11H14ClN/c1-3-5-10(13)9-7-4-6-8(2)11(9)12/h3-4,6-7,10H,1,5,13H2,2H3. The lowest BCUT2D eigenvalue weighted by Crippen LogP contribution is -2.09. The SMILES string of the molecule is C=CCC(N)c1cccc(C)c1Cl. The molecule has 0 radical (unpaired) electrons. The minimum atomic E-state index is -0.0371. The van der Waals surface area contributed by atoms with Crippen molar-refractivity contribution in [2.75, 3.05) is 0 Å². The highest BCUT2D eigenvalue weighted by atomic mass is 35.5. The monoisotopic (exact) mass is 195 g/mol. The topological polar surface area (TPSA) is 26.0 Å². The first-order chi connectivity index (χ1) is 6.16. The second-order valence-corrected chi connectivity index (χ2v) is 3.49. The molecule has 0 aliphatic rings. The quantitative estimate of drug-likeness (QED) is 0.737. The normalized spacial score (nSPS) is 12.5. The fourth-order valence-corrected chi connectivity index (χ4v) is 1.53.